The molecule has 0 saturated heterocycles. The van der Waals surface area contributed by atoms with Crippen LogP contribution in [0.5, 0.6) is 0 Å². The van der Waals surface area contributed by atoms with Gasteiger partial charge in [0.05, 0.1) is 0 Å². The van der Waals surface area contributed by atoms with Crippen molar-refractivity contribution in [2.75, 3.05) is 0 Å². The van der Waals surface area contributed by atoms with Crippen LogP contribution in [0.1, 0.15) is 79.6 Å². The first kappa shape index (κ1) is 16.5. The Morgan fingerprint density at radius 2 is 2.05 bits per heavy atom. The van der Waals surface area contributed by atoms with Gasteiger partial charge in [-0.15, -0.1) is 0 Å². The van der Waals surface area contributed by atoms with E-state index < -0.39 is 0 Å². The first-order valence-electron chi connectivity index (χ1n) is 8.04. The Balaban J connectivity index is 2.53. The first-order valence-corrected chi connectivity index (χ1v) is 8.04. The van der Waals surface area contributed by atoms with Crippen molar-refractivity contribution < 1.29 is 9.53 Å². The summed E-state index contributed by atoms with van der Waals surface area (Å²) in [5, 5.41) is 0. The Hall–Kier alpha value is -0.530. The van der Waals surface area contributed by atoms with E-state index in [1.807, 2.05) is 0 Å². The van der Waals surface area contributed by atoms with E-state index in [0.717, 1.165) is 31.1 Å². The van der Waals surface area contributed by atoms with Crippen molar-refractivity contribution in [1.82, 2.24) is 0 Å². The van der Waals surface area contributed by atoms with E-state index in [0.29, 0.717) is 5.41 Å². The number of carbonyl (C=O) groups is 1. The summed E-state index contributed by atoms with van der Waals surface area (Å²) >= 11 is 0. The second kappa shape index (κ2) is 7.31. The SMILES string of the molecule is CCC[C@H](CC[C@H]1[C@H](C)CCCC1(C)C)OC(C)=O. The molecule has 1 aliphatic carbocycles. The third kappa shape index (κ3) is 5.16. The van der Waals surface area contributed by atoms with Crippen molar-refractivity contribution >= 4 is 5.97 Å². The van der Waals surface area contributed by atoms with Crippen molar-refractivity contribution in [2.45, 2.75) is 85.7 Å². The van der Waals surface area contributed by atoms with Crippen LogP contribution in [0.25, 0.3) is 0 Å². The van der Waals surface area contributed by atoms with Crippen LogP contribution in [-0.4, -0.2) is 12.1 Å². The van der Waals surface area contributed by atoms with Crippen LogP contribution in [0, 0.1) is 17.3 Å². The molecule has 0 aliphatic heterocycles. The number of esters is 1. The van der Waals surface area contributed by atoms with Crippen LogP contribution < -0.4 is 0 Å². The van der Waals surface area contributed by atoms with Gasteiger partial charge in [0.25, 0.3) is 0 Å². The highest BCUT2D eigenvalue weighted by atomic mass is 16.5. The fourth-order valence-corrected chi connectivity index (χ4v) is 3.90. The van der Waals surface area contributed by atoms with E-state index >= 15 is 0 Å². The molecule has 1 fully saturated rings. The normalized spacial score (nSPS) is 27.8. The molecule has 19 heavy (non-hydrogen) atoms. The molecule has 0 aromatic heterocycles. The van der Waals surface area contributed by atoms with Crippen molar-refractivity contribution in [3.05, 3.63) is 0 Å². The summed E-state index contributed by atoms with van der Waals surface area (Å²) in [6, 6.07) is 0. The summed E-state index contributed by atoms with van der Waals surface area (Å²) in [7, 11) is 0. The van der Waals surface area contributed by atoms with Gasteiger partial charge < -0.3 is 4.74 Å². The van der Waals surface area contributed by atoms with Gasteiger partial charge in [0.1, 0.15) is 6.10 Å². The van der Waals surface area contributed by atoms with Gasteiger partial charge in [0, 0.05) is 6.92 Å². The highest BCUT2D eigenvalue weighted by Gasteiger charge is 2.36. The molecule has 112 valence electrons. The Kier molecular flexibility index (Phi) is 6.35. The molecular weight excluding hydrogens is 236 g/mol. The molecule has 0 aromatic carbocycles. The molecule has 0 bridgehead atoms. The standard InChI is InChI=1S/C17H32O2/c1-6-8-15(19-14(3)18)10-11-16-13(2)9-7-12-17(16,4)5/h13,15-16H,6-12H2,1-5H3/t13-,15-,16+/m1/s1. The van der Waals surface area contributed by atoms with Gasteiger partial charge in [-0.3, -0.25) is 4.79 Å². The highest BCUT2D eigenvalue weighted by molar-refractivity contribution is 5.66. The third-order valence-electron chi connectivity index (χ3n) is 4.91. The lowest BCUT2D eigenvalue weighted by atomic mass is 9.62. The second-order valence-electron chi connectivity index (χ2n) is 7.06. The second-order valence-corrected chi connectivity index (χ2v) is 7.06. The molecule has 2 heteroatoms. The van der Waals surface area contributed by atoms with E-state index in [-0.39, 0.29) is 12.1 Å². The lowest BCUT2D eigenvalue weighted by Crippen LogP contribution is -2.34. The largest absolute Gasteiger partial charge is 0.463 e. The predicted octanol–water partition coefficient (Wildman–Crippen LogP) is 4.96. The van der Waals surface area contributed by atoms with E-state index in [9.17, 15) is 4.79 Å². The minimum atomic E-state index is -0.130. The fraction of sp³-hybridized carbons (Fsp3) is 0.941. The third-order valence-corrected chi connectivity index (χ3v) is 4.91. The first-order chi connectivity index (χ1) is 8.86. The van der Waals surface area contributed by atoms with Gasteiger partial charge in [0.2, 0.25) is 0 Å². The molecule has 0 amide bonds. The zero-order chi connectivity index (χ0) is 14.5. The summed E-state index contributed by atoms with van der Waals surface area (Å²) < 4.78 is 5.45. The molecule has 2 nitrogen and oxygen atoms in total. The number of ether oxygens (including phenoxy) is 1. The molecule has 3 atom stereocenters. The van der Waals surface area contributed by atoms with Gasteiger partial charge in [-0.05, 0) is 42.9 Å². The molecule has 1 rings (SSSR count). The Morgan fingerprint density at radius 1 is 1.37 bits per heavy atom. The monoisotopic (exact) mass is 268 g/mol. The van der Waals surface area contributed by atoms with E-state index in [1.54, 1.807) is 0 Å². The molecule has 0 spiro atoms. The summed E-state index contributed by atoms with van der Waals surface area (Å²) in [5.74, 6) is 1.45. The smallest absolute Gasteiger partial charge is 0.302 e. The zero-order valence-electron chi connectivity index (χ0n) is 13.5. The van der Waals surface area contributed by atoms with Gasteiger partial charge >= 0.3 is 5.97 Å². The van der Waals surface area contributed by atoms with E-state index in [4.69, 9.17) is 4.74 Å². The number of rotatable bonds is 6. The average molecular weight is 268 g/mol. The summed E-state index contributed by atoms with van der Waals surface area (Å²) in [5.41, 5.74) is 0.449. The number of carbonyl (C=O) groups excluding carboxylic acids is 1. The maximum atomic E-state index is 11.1. The van der Waals surface area contributed by atoms with Crippen LogP contribution in [0.4, 0.5) is 0 Å². The van der Waals surface area contributed by atoms with Crippen molar-refractivity contribution in [1.29, 1.82) is 0 Å². The van der Waals surface area contributed by atoms with Crippen molar-refractivity contribution in [3.63, 3.8) is 0 Å². The molecular formula is C17H32O2. The fourth-order valence-electron chi connectivity index (χ4n) is 3.90. The minimum Gasteiger partial charge on any atom is -0.463 e. The van der Waals surface area contributed by atoms with Crippen LogP contribution >= 0.6 is 0 Å². The van der Waals surface area contributed by atoms with Crippen molar-refractivity contribution in [2.24, 2.45) is 17.3 Å². The van der Waals surface area contributed by atoms with Crippen LogP contribution in [0.3, 0.4) is 0 Å². The van der Waals surface area contributed by atoms with Crippen molar-refractivity contribution in [3.8, 4) is 0 Å². The lowest BCUT2D eigenvalue weighted by molar-refractivity contribution is -0.147. The maximum absolute atomic E-state index is 11.1. The Labute approximate surface area is 119 Å². The van der Waals surface area contributed by atoms with Gasteiger partial charge in [-0.2, -0.15) is 0 Å². The molecule has 0 heterocycles. The van der Waals surface area contributed by atoms with Crippen LogP contribution in [0.2, 0.25) is 0 Å². The summed E-state index contributed by atoms with van der Waals surface area (Å²) in [6.45, 7) is 10.9. The molecule has 1 saturated carbocycles. The zero-order valence-corrected chi connectivity index (χ0v) is 13.5. The Morgan fingerprint density at radius 3 is 2.58 bits per heavy atom. The lowest BCUT2D eigenvalue weighted by Gasteiger charge is -2.43. The topological polar surface area (TPSA) is 26.3 Å². The maximum Gasteiger partial charge on any atom is 0.302 e. The minimum absolute atomic E-state index is 0.130. The van der Waals surface area contributed by atoms with Gasteiger partial charge in [0.15, 0.2) is 0 Å². The number of hydrogen-bond acceptors (Lipinski definition) is 2. The van der Waals surface area contributed by atoms with Gasteiger partial charge in [-0.1, -0.05) is 47.0 Å². The summed E-state index contributed by atoms with van der Waals surface area (Å²) in [4.78, 5) is 11.1. The van der Waals surface area contributed by atoms with Crippen LogP contribution in [-0.2, 0) is 9.53 Å². The molecule has 1 aliphatic rings. The molecule has 0 radical (unpaired) electrons. The van der Waals surface area contributed by atoms with E-state index in [2.05, 4.69) is 27.7 Å². The molecule has 0 N–H and O–H groups in total. The molecule has 0 aromatic rings. The van der Waals surface area contributed by atoms with Gasteiger partial charge in [-0.25, -0.2) is 0 Å². The highest BCUT2D eigenvalue weighted by Crippen LogP contribution is 2.46. The van der Waals surface area contributed by atoms with E-state index in [1.165, 1.54) is 32.6 Å². The average Bonchev–Trinajstić information content (AvgIpc) is 2.26. The Bertz CT molecular complexity index is 283. The number of hydrogen-bond donors (Lipinski definition) is 0. The summed E-state index contributed by atoms with van der Waals surface area (Å²) in [6.07, 6.45) is 8.52. The van der Waals surface area contributed by atoms with Crippen LogP contribution in [0.15, 0.2) is 0 Å². The quantitative estimate of drug-likeness (QED) is 0.636. The predicted molar refractivity (Wildman–Crippen MR) is 80.0 cm³/mol. The molecule has 0 unspecified atom stereocenters.